The minimum Gasteiger partial charge on any atom is -0.504 e. The predicted octanol–water partition coefficient (Wildman–Crippen LogP) is 4.48. The van der Waals surface area contributed by atoms with Crippen molar-refractivity contribution in [1.29, 1.82) is 5.26 Å². The summed E-state index contributed by atoms with van der Waals surface area (Å²) in [6.45, 7) is 1.71. The predicted molar refractivity (Wildman–Crippen MR) is 126 cm³/mol. The number of nitriles is 1. The number of benzene rings is 3. The van der Waals surface area contributed by atoms with Crippen molar-refractivity contribution in [3.05, 3.63) is 77.4 Å². The first-order chi connectivity index (χ1) is 16.1. The quantitative estimate of drug-likeness (QED) is 0.390. The number of hydrogen-bond donors (Lipinski definition) is 3. The van der Waals surface area contributed by atoms with E-state index in [0.29, 0.717) is 22.8 Å². The number of hydrogen-bond acceptors (Lipinski definition) is 5. The number of nitrogens with one attached hydrogen (secondary N) is 2. The summed E-state index contributed by atoms with van der Waals surface area (Å²) in [5.74, 6) is 0.663. The Balaban J connectivity index is 1.39. The molecular formula is C26H20N6O. The van der Waals surface area contributed by atoms with Gasteiger partial charge in [0.25, 0.3) is 0 Å². The van der Waals surface area contributed by atoms with Crippen molar-refractivity contribution in [3.63, 3.8) is 0 Å². The summed E-state index contributed by atoms with van der Waals surface area (Å²) >= 11 is 0. The highest BCUT2D eigenvalue weighted by atomic mass is 16.3. The van der Waals surface area contributed by atoms with Crippen molar-refractivity contribution in [2.24, 2.45) is 7.05 Å². The third-order valence-electron chi connectivity index (χ3n) is 6.20. The number of imidazole rings is 1. The number of rotatable bonds is 3. The Morgan fingerprint density at radius 3 is 2.52 bits per heavy atom. The lowest BCUT2D eigenvalue weighted by atomic mass is 9.98. The number of aromatic hydroxyl groups is 1. The van der Waals surface area contributed by atoms with E-state index in [1.807, 2.05) is 42.5 Å². The number of H-pyrrole nitrogens is 1. The van der Waals surface area contributed by atoms with Crippen molar-refractivity contribution in [2.75, 3.05) is 0 Å². The SMILES string of the molecule is Cn1nc(-c2ccc(-c3ccccc3C#N)cc2)c(O)c1-c1nc2cc3c(cc2[nH]1)CNC3. The molecule has 0 atom stereocenters. The minimum absolute atomic E-state index is 0.0796. The molecule has 6 rings (SSSR count). The highest BCUT2D eigenvalue weighted by Crippen LogP contribution is 2.38. The van der Waals surface area contributed by atoms with Crippen molar-refractivity contribution in [3.8, 4) is 45.7 Å². The second kappa shape index (κ2) is 7.33. The van der Waals surface area contributed by atoms with Crippen LogP contribution in [0.25, 0.3) is 44.9 Å². The van der Waals surface area contributed by atoms with Crippen LogP contribution in [0.2, 0.25) is 0 Å². The lowest BCUT2D eigenvalue weighted by Gasteiger charge is -2.05. The first-order valence-electron chi connectivity index (χ1n) is 10.7. The Morgan fingerprint density at radius 1 is 1.00 bits per heavy atom. The van der Waals surface area contributed by atoms with Crippen molar-refractivity contribution >= 4 is 11.0 Å². The summed E-state index contributed by atoms with van der Waals surface area (Å²) in [6.07, 6.45) is 0. The summed E-state index contributed by atoms with van der Waals surface area (Å²) < 4.78 is 1.65. The zero-order valence-electron chi connectivity index (χ0n) is 17.9. The van der Waals surface area contributed by atoms with E-state index in [2.05, 4.69) is 33.6 Å². The Hall–Kier alpha value is -4.41. The third kappa shape index (κ3) is 3.08. The van der Waals surface area contributed by atoms with Crippen molar-refractivity contribution in [2.45, 2.75) is 13.1 Å². The molecule has 0 radical (unpaired) electrons. The largest absolute Gasteiger partial charge is 0.504 e. The third-order valence-corrected chi connectivity index (χ3v) is 6.20. The van der Waals surface area contributed by atoms with E-state index >= 15 is 0 Å². The van der Waals surface area contributed by atoms with Crippen molar-refractivity contribution in [1.82, 2.24) is 25.1 Å². The molecule has 7 heteroatoms. The van der Waals surface area contributed by atoms with Gasteiger partial charge in [0.05, 0.1) is 22.7 Å². The molecule has 7 nitrogen and oxygen atoms in total. The molecule has 3 N–H and O–H groups in total. The first-order valence-corrected chi connectivity index (χ1v) is 10.7. The molecule has 1 aliphatic heterocycles. The molecule has 0 spiro atoms. The van der Waals surface area contributed by atoms with Gasteiger partial charge in [0.1, 0.15) is 11.4 Å². The van der Waals surface area contributed by atoms with Crippen LogP contribution in [0.1, 0.15) is 16.7 Å². The van der Waals surface area contributed by atoms with Gasteiger partial charge in [0, 0.05) is 25.7 Å². The summed E-state index contributed by atoms with van der Waals surface area (Å²) in [6, 6.07) is 21.6. The molecule has 0 saturated carbocycles. The van der Waals surface area contributed by atoms with Gasteiger partial charge >= 0.3 is 0 Å². The standard InChI is InChI=1S/C26H20N6O/c1-32-24(26-29-21-10-18-13-28-14-19(18)11-22(21)30-26)25(33)23(31-32)16-8-6-15(7-9-16)20-5-3-2-4-17(20)12-27/h2-11,28,33H,13-14H2,1H3,(H,29,30). The van der Waals surface area contributed by atoms with E-state index in [9.17, 15) is 10.4 Å². The van der Waals surface area contributed by atoms with Gasteiger partial charge < -0.3 is 15.4 Å². The lowest BCUT2D eigenvalue weighted by molar-refractivity contribution is 0.478. The molecule has 160 valence electrons. The van der Waals surface area contributed by atoms with Crippen LogP contribution in [0.4, 0.5) is 0 Å². The van der Waals surface area contributed by atoms with E-state index in [-0.39, 0.29) is 5.75 Å². The molecule has 0 saturated heterocycles. The smallest absolute Gasteiger partial charge is 0.173 e. The molecule has 0 aliphatic carbocycles. The monoisotopic (exact) mass is 432 g/mol. The molecule has 0 unspecified atom stereocenters. The van der Waals surface area contributed by atoms with Gasteiger partial charge in [-0.2, -0.15) is 10.4 Å². The highest BCUT2D eigenvalue weighted by Gasteiger charge is 2.22. The van der Waals surface area contributed by atoms with Gasteiger partial charge in [0.15, 0.2) is 11.6 Å². The Morgan fingerprint density at radius 2 is 1.73 bits per heavy atom. The Labute approximate surface area is 190 Å². The van der Waals surface area contributed by atoms with Gasteiger partial charge in [-0.25, -0.2) is 4.98 Å². The Bertz CT molecular complexity index is 1530. The van der Waals surface area contributed by atoms with Gasteiger partial charge in [-0.15, -0.1) is 0 Å². The van der Waals surface area contributed by atoms with E-state index in [0.717, 1.165) is 40.8 Å². The maximum Gasteiger partial charge on any atom is 0.173 e. The molecule has 0 bridgehead atoms. The number of aromatic nitrogens is 4. The fraction of sp³-hybridized carbons (Fsp3) is 0.115. The van der Waals surface area contributed by atoms with Crippen LogP contribution in [0.15, 0.2) is 60.7 Å². The highest BCUT2D eigenvalue weighted by molar-refractivity contribution is 5.84. The van der Waals surface area contributed by atoms with Crippen LogP contribution in [0, 0.1) is 11.3 Å². The van der Waals surface area contributed by atoms with E-state index in [4.69, 9.17) is 4.98 Å². The summed E-state index contributed by atoms with van der Waals surface area (Å²) in [5.41, 5.74) is 8.59. The lowest BCUT2D eigenvalue weighted by Crippen LogP contribution is -1.99. The van der Waals surface area contributed by atoms with Gasteiger partial charge in [-0.3, -0.25) is 4.68 Å². The molecule has 3 aromatic carbocycles. The average Bonchev–Trinajstić information content (AvgIpc) is 3.53. The second-order valence-corrected chi connectivity index (χ2v) is 8.23. The van der Waals surface area contributed by atoms with Gasteiger partial charge in [-0.1, -0.05) is 42.5 Å². The van der Waals surface area contributed by atoms with E-state index < -0.39 is 0 Å². The Kier molecular flexibility index (Phi) is 4.28. The normalized spacial score (nSPS) is 12.7. The van der Waals surface area contributed by atoms with Crippen LogP contribution >= 0.6 is 0 Å². The van der Waals surface area contributed by atoms with Gasteiger partial charge in [-0.05, 0) is 40.5 Å². The molecule has 5 aromatic rings. The summed E-state index contributed by atoms with van der Waals surface area (Å²) in [5, 5.41) is 28.4. The maximum absolute atomic E-state index is 11.1. The minimum atomic E-state index is 0.0796. The second-order valence-electron chi connectivity index (χ2n) is 8.23. The fourth-order valence-corrected chi connectivity index (χ4v) is 4.53. The first kappa shape index (κ1) is 19.3. The molecule has 0 amide bonds. The number of nitrogens with zero attached hydrogens (tertiary/aromatic N) is 4. The molecule has 33 heavy (non-hydrogen) atoms. The topological polar surface area (TPSA) is 103 Å². The zero-order valence-corrected chi connectivity index (χ0v) is 17.9. The van der Waals surface area contributed by atoms with Crippen LogP contribution in [-0.4, -0.2) is 24.9 Å². The molecule has 3 heterocycles. The molecular weight excluding hydrogens is 412 g/mol. The van der Waals surface area contributed by atoms with Crippen LogP contribution in [0.3, 0.4) is 0 Å². The average molecular weight is 432 g/mol. The zero-order chi connectivity index (χ0) is 22.5. The van der Waals surface area contributed by atoms with Gasteiger partial charge in [0.2, 0.25) is 0 Å². The summed E-state index contributed by atoms with van der Waals surface area (Å²) in [4.78, 5) is 8.07. The van der Waals surface area contributed by atoms with Crippen LogP contribution in [0.5, 0.6) is 5.75 Å². The molecule has 2 aromatic heterocycles. The van der Waals surface area contributed by atoms with Crippen LogP contribution < -0.4 is 5.32 Å². The molecule has 1 aliphatic rings. The number of aromatic amines is 1. The number of fused-ring (bicyclic) bond motifs is 2. The van der Waals surface area contributed by atoms with E-state index in [1.165, 1.54) is 11.1 Å². The summed E-state index contributed by atoms with van der Waals surface area (Å²) in [7, 11) is 1.80. The van der Waals surface area contributed by atoms with Crippen LogP contribution in [-0.2, 0) is 20.1 Å². The number of aryl methyl sites for hydroxylation is 1. The van der Waals surface area contributed by atoms with Crippen molar-refractivity contribution < 1.29 is 5.11 Å². The van der Waals surface area contributed by atoms with E-state index in [1.54, 1.807) is 17.8 Å². The maximum atomic E-state index is 11.1. The fourth-order valence-electron chi connectivity index (χ4n) is 4.53. The molecule has 0 fully saturated rings.